The molecule has 0 unspecified atom stereocenters. The minimum Gasteiger partial charge on any atom is -0.464 e. The number of hydrogen-bond donors (Lipinski definition) is 1. The normalized spacial score (nSPS) is 31.4. The van der Waals surface area contributed by atoms with Gasteiger partial charge in [0.1, 0.15) is 12.2 Å². The summed E-state index contributed by atoms with van der Waals surface area (Å²) < 4.78 is 23.4. The highest BCUT2D eigenvalue weighted by molar-refractivity contribution is 6.73. The highest BCUT2D eigenvalue weighted by Crippen LogP contribution is 2.41. The van der Waals surface area contributed by atoms with Crippen LogP contribution >= 0.6 is 0 Å². The number of hydrogen-bond acceptors (Lipinski definition) is 7. The Hall–Kier alpha value is -0.803. The number of ether oxygens (including phenoxy) is 3. The van der Waals surface area contributed by atoms with E-state index in [1.165, 1.54) is 0 Å². The third kappa shape index (κ3) is 4.62. The predicted octanol–water partition coefficient (Wildman–Crippen LogP) is 2.41. The molecule has 0 bridgehead atoms. The van der Waals surface area contributed by atoms with Gasteiger partial charge in [-0.1, -0.05) is 20.8 Å². The lowest BCUT2D eigenvalue weighted by Crippen LogP contribution is -2.57. The maximum Gasteiger partial charge on any atom is 0.335 e. The number of carbonyl (C=O) groups is 2. The van der Waals surface area contributed by atoms with Gasteiger partial charge in [0.2, 0.25) is 0 Å². The third-order valence-corrected chi connectivity index (χ3v) is 10.5. The number of rotatable bonds is 8. The molecule has 0 spiro atoms. The molecule has 0 aromatic rings. The molecular weight excluding hydrogens is 368 g/mol. The summed E-state index contributed by atoms with van der Waals surface area (Å²) in [5, 5.41) is 10.4. The number of fused-ring (bicyclic) bond motifs is 1. The number of esters is 1. The van der Waals surface area contributed by atoms with Crippen LogP contribution in [0.3, 0.4) is 0 Å². The molecule has 1 heterocycles. The van der Waals surface area contributed by atoms with Gasteiger partial charge in [-0.3, -0.25) is 4.79 Å². The Balaban J connectivity index is 2.31. The van der Waals surface area contributed by atoms with E-state index < -0.39 is 50.4 Å². The zero-order chi connectivity index (χ0) is 20.4. The van der Waals surface area contributed by atoms with Crippen LogP contribution in [0.1, 0.15) is 48.0 Å². The molecule has 2 fully saturated rings. The van der Waals surface area contributed by atoms with Crippen LogP contribution in [-0.4, -0.2) is 62.0 Å². The van der Waals surface area contributed by atoms with Crippen LogP contribution in [-0.2, 0) is 28.2 Å². The zero-order valence-corrected chi connectivity index (χ0v) is 18.3. The van der Waals surface area contributed by atoms with Crippen molar-refractivity contribution in [2.24, 2.45) is 5.92 Å². The maximum atomic E-state index is 12.9. The smallest absolute Gasteiger partial charge is 0.335 e. The Labute approximate surface area is 162 Å². The first kappa shape index (κ1) is 22.5. The second kappa shape index (κ2) is 8.69. The van der Waals surface area contributed by atoms with Gasteiger partial charge in [0, 0.05) is 0 Å². The zero-order valence-electron chi connectivity index (χ0n) is 17.3. The van der Waals surface area contributed by atoms with E-state index in [4.69, 9.17) is 18.6 Å². The number of aliphatic hydroxyl groups is 1. The molecule has 7 nitrogen and oxygen atoms in total. The van der Waals surface area contributed by atoms with Crippen molar-refractivity contribution in [3.63, 3.8) is 0 Å². The molecule has 5 atom stereocenters. The van der Waals surface area contributed by atoms with Gasteiger partial charge in [-0.05, 0) is 45.3 Å². The lowest BCUT2D eigenvalue weighted by Gasteiger charge is -2.41. The van der Waals surface area contributed by atoms with Crippen LogP contribution < -0.4 is 0 Å². The molecular formula is C19H34O7Si. The second-order valence-corrected chi connectivity index (χ2v) is 12.6. The van der Waals surface area contributed by atoms with E-state index in [-0.39, 0.29) is 18.8 Å². The van der Waals surface area contributed by atoms with E-state index in [0.717, 1.165) is 18.1 Å². The average molecular weight is 403 g/mol. The van der Waals surface area contributed by atoms with Crippen molar-refractivity contribution in [1.29, 1.82) is 0 Å². The third-order valence-electron chi connectivity index (χ3n) is 5.87. The molecule has 0 amide bonds. The summed E-state index contributed by atoms with van der Waals surface area (Å²) in [7, 11) is -1.98. The van der Waals surface area contributed by atoms with Crippen molar-refractivity contribution < 1.29 is 33.3 Å². The van der Waals surface area contributed by atoms with Crippen molar-refractivity contribution in [1.82, 2.24) is 0 Å². The first-order valence-corrected chi connectivity index (χ1v) is 12.6. The second-order valence-electron chi connectivity index (χ2n) is 7.86. The Bertz CT molecular complexity index is 538. The molecule has 1 saturated carbocycles. The molecule has 156 valence electrons. The van der Waals surface area contributed by atoms with Gasteiger partial charge in [-0.15, -0.1) is 0 Å². The quantitative estimate of drug-likeness (QED) is 0.492. The summed E-state index contributed by atoms with van der Waals surface area (Å²) in [5.41, 5.74) is 0. The van der Waals surface area contributed by atoms with Gasteiger partial charge in [0.05, 0.1) is 18.6 Å². The van der Waals surface area contributed by atoms with Crippen molar-refractivity contribution in [3.8, 4) is 0 Å². The molecule has 1 N–H and O–H groups in total. The van der Waals surface area contributed by atoms with Crippen LogP contribution in [0.15, 0.2) is 0 Å². The first-order chi connectivity index (χ1) is 12.6. The minimum absolute atomic E-state index is 0.146. The predicted molar refractivity (Wildman–Crippen MR) is 102 cm³/mol. The largest absolute Gasteiger partial charge is 0.464 e. The van der Waals surface area contributed by atoms with E-state index in [9.17, 15) is 14.7 Å². The average Bonchev–Trinajstić information content (AvgIpc) is 2.97. The molecule has 2 rings (SSSR count). The van der Waals surface area contributed by atoms with E-state index in [1.807, 2.05) is 0 Å². The van der Waals surface area contributed by atoms with E-state index in [0.29, 0.717) is 0 Å². The lowest BCUT2D eigenvalue weighted by molar-refractivity contribution is -0.165. The topological polar surface area (TPSA) is 91.3 Å². The molecule has 2 aliphatic rings. The molecule has 1 aliphatic carbocycles. The van der Waals surface area contributed by atoms with Gasteiger partial charge in [0.25, 0.3) is 0 Å². The highest BCUT2D eigenvalue weighted by atomic mass is 28.4. The summed E-state index contributed by atoms with van der Waals surface area (Å²) in [4.78, 5) is 25.0. The summed E-state index contributed by atoms with van der Waals surface area (Å²) in [5.74, 6) is -2.92. The Kier molecular flexibility index (Phi) is 7.24. The first-order valence-electron chi connectivity index (χ1n) is 10.1. The van der Waals surface area contributed by atoms with Crippen molar-refractivity contribution in [2.75, 3.05) is 6.61 Å². The molecule has 0 aromatic heterocycles. The number of Topliss-reactive ketones (excluding diaryl/α,β-unsaturated/α-hetero) is 1. The number of carbonyl (C=O) groups excluding carboxylic acids is 2. The summed E-state index contributed by atoms with van der Waals surface area (Å²) >= 11 is 0. The summed E-state index contributed by atoms with van der Waals surface area (Å²) in [6.07, 6.45) is -3.04. The summed E-state index contributed by atoms with van der Waals surface area (Å²) in [6.45, 7) is 11.7. The molecule has 1 saturated heterocycles. The summed E-state index contributed by atoms with van der Waals surface area (Å²) in [6, 6.07) is 2.87. The van der Waals surface area contributed by atoms with Crippen LogP contribution in [0.5, 0.6) is 0 Å². The van der Waals surface area contributed by atoms with Gasteiger partial charge >= 0.3 is 5.97 Å². The molecule has 0 radical (unpaired) electrons. The van der Waals surface area contributed by atoms with Crippen LogP contribution in [0.25, 0.3) is 0 Å². The Morgan fingerprint density at radius 2 is 1.81 bits per heavy atom. The molecule has 8 heteroatoms. The van der Waals surface area contributed by atoms with Crippen molar-refractivity contribution in [3.05, 3.63) is 0 Å². The van der Waals surface area contributed by atoms with Gasteiger partial charge in [-0.25, -0.2) is 4.79 Å². The van der Waals surface area contributed by atoms with Gasteiger partial charge in [-0.2, -0.15) is 0 Å². The Morgan fingerprint density at radius 3 is 2.33 bits per heavy atom. The monoisotopic (exact) mass is 402 g/mol. The lowest BCUT2D eigenvalue weighted by atomic mass is 9.79. The fourth-order valence-corrected chi connectivity index (χ4v) is 6.98. The van der Waals surface area contributed by atoms with E-state index in [1.54, 1.807) is 20.8 Å². The molecule has 27 heavy (non-hydrogen) atoms. The molecule has 1 aliphatic heterocycles. The SMILES string of the molecule is CCOC(=O)[C@H](O)[C@@H]1C[C@@H](O[Si](CC)(CC)CC)[C@H]2OC(C)(C)O[C@H]2C1=O. The van der Waals surface area contributed by atoms with Crippen LogP contribution in [0.2, 0.25) is 18.1 Å². The van der Waals surface area contributed by atoms with E-state index in [2.05, 4.69) is 20.8 Å². The van der Waals surface area contributed by atoms with Crippen molar-refractivity contribution >= 4 is 20.1 Å². The highest BCUT2D eigenvalue weighted by Gasteiger charge is 2.57. The molecule has 0 aromatic carbocycles. The fraction of sp³-hybridized carbons (Fsp3) is 0.895. The van der Waals surface area contributed by atoms with Gasteiger partial charge < -0.3 is 23.7 Å². The maximum absolute atomic E-state index is 12.9. The van der Waals surface area contributed by atoms with E-state index >= 15 is 0 Å². The van der Waals surface area contributed by atoms with Crippen LogP contribution in [0.4, 0.5) is 0 Å². The van der Waals surface area contributed by atoms with Crippen LogP contribution in [0, 0.1) is 5.92 Å². The fourth-order valence-electron chi connectivity index (χ4n) is 4.11. The standard InChI is InChI=1S/C19H34O7Si/c1-7-23-18(22)15(21)12-11-13(26-27(8-2,9-3)10-4)16-17(14(12)20)25-19(5,6)24-16/h12-13,15-17,21H,7-11H2,1-6H3/t12-,13-,15-,16-,17+/m1/s1. The Morgan fingerprint density at radius 1 is 1.22 bits per heavy atom. The number of aliphatic hydroxyl groups excluding tert-OH is 1. The van der Waals surface area contributed by atoms with Gasteiger partial charge in [0.15, 0.2) is 26.0 Å². The minimum atomic E-state index is -1.98. The van der Waals surface area contributed by atoms with Crippen molar-refractivity contribution in [2.45, 2.75) is 96.3 Å². The number of ketones is 1.